The fraction of sp³-hybridized carbons (Fsp3) is 0.222. The first-order chi connectivity index (χ1) is 6.02. The Hall–Kier alpha value is -1.06. The number of carboxylic acids is 1. The van der Waals surface area contributed by atoms with E-state index in [9.17, 15) is 9.90 Å². The van der Waals surface area contributed by atoms with Crippen LogP contribution >= 0.6 is 11.6 Å². The van der Waals surface area contributed by atoms with Gasteiger partial charge in [-0.15, -0.1) is 0 Å². The van der Waals surface area contributed by atoms with Crippen molar-refractivity contribution in [1.29, 1.82) is 0 Å². The molecular weight excluding hydrogens is 192 g/mol. The van der Waals surface area contributed by atoms with Gasteiger partial charge in [-0.05, 0) is 30.2 Å². The van der Waals surface area contributed by atoms with Gasteiger partial charge in [0.2, 0.25) is 0 Å². The van der Waals surface area contributed by atoms with E-state index in [-0.39, 0.29) is 0 Å². The van der Waals surface area contributed by atoms with E-state index in [2.05, 4.69) is 0 Å². The van der Waals surface area contributed by atoms with Gasteiger partial charge in [0, 0.05) is 5.02 Å². The molecule has 0 aromatic heterocycles. The van der Waals surface area contributed by atoms with Crippen LogP contribution in [0.2, 0.25) is 5.02 Å². The number of aryl methyl sites for hydroxylation is 1. The minimum Gasteiger partial charge on any atom is -0.479 e. The van der Waals surface area contributed by atoms with Crippen molar-refractivity contribution in [2.75, 3.05) is 0 Å². The summed E-state index contributed by atoms with van der Waals surface area (Å²) in [4.78, 5) is 10.5. The zero-order valence-electron chi connectivity index (χ0n) is 6.99. The summed E-state index contributed by atoms with van der Waals surface area (Å²) in [6, 6.07) is 4.68. The summed E-state index contributed by atoms with van der Waals surface area (Å²) < 4.78 is 0. The van der Waals surface area contributed by atoms with E-state index in [0.29, 0.717) is 16.1 Å². The first-order valence-electron chi connectivity index (χ1n) is 3.69. The first-order valence-corrected chi connectivity index (χ1v) is 4.07. The lowest BCUT2D eigenvalue weighted by Crippen LogP contribution is -2.11. The molecule has 0 aliphatic rings. The lowest BCUT2D eigenvalue weighted by Gasteiger charge is -2.08. The molecular formula is C9H9ClO3. The molecule has 1 atom stereocenters. The molecule has 0 saturated carbocycles. The monoisotopic (exact) mass is 200 g/mol. The number of hydrogen-bond donors (Lipinski definition) is 2. The number of hydrogen-bond acceptors (Lipinski definition) is 2. The van der Waals surface area contributed by atoms with Gasteiger partial charge in [-0.3, -0.25) is 0 Å². The van der Waals surface area contributed by atoms with Crippen molar-refractivity contribution in [1.82, 2.24) is 0 Å². The van der Waals surface area contributed by atoms with Crippen molar-refractivity contribution in [3.8, 4) is 0 Å². The minimum atomic E-state index is -1.47. The van der Waals surface area contributed by atoms with Gasteiger partial charge in [-0.2, -0.15) is 0 Å². The van der Waals surface area contributed by atoms with Gasteiger partial charge in [0.25, 0.3) is 0 Å². The zero-order valence-corrected chi connectivity index (χ0v) is 7.75. The third-order valence-electron chi connectivity index (χ3n) is 1.76. The Labute approximate surface area is 80.6 Å². The topological polar surface area (TPSA) is 57.5 Å². The molecule has 0 fully saturated rings. The number of aliphatic hydroxyl groups excluding tert-OH is 1. The van der Waals surface area contributed by atoms with E-state index in [4.69, 9.17) is 16.7 Å². The largest absolute Gasteiger partial charge is 0.479 e. The highest BCUT2D eigenvalue weighted by Gasteiger charge is 2.17. The highest BCUT2D eigenvalue weighted by Crippen LogP contribution is 2.21. The first kappa shape index (κ1) is 10.0. The fourth-order valence-electron chi connectivity index (χ4n) is 1.08. The molecule has 0 spiro atoms. The number of aliphatic carboxylic acids is 1. The van der Waals surface area contributed by atoms with Crippen molar-refractivity contribution < 1.29 is 15.0 Å². The number of benzene rings is 1. The molecule has 0 saturated heterocycles. The Morgan fingerprint density at radius 3 is 2.62 bits per heavy atom. The molecule has 0 aliphatic heterocycles. The van der Waals surface area contributed by atoms with E-state index < -0.39 is 12.1 Å². The van der Waals surface area contributed by atoms with Crippen LogP contribution < -0.4 is 0 Å². The zero-order chi connectivity index (χ0) is 10.0. The molecule has 1 aromatic rings. The summed E-state index contributed by atoms with van der Waals surface area (Å²) in [7, 11) is 0. The van der Waals surface area contributed by atoms with Gasteiger partial charge >= 0.3 is 5.97 Å². The second-order valence-corrected chi connectivity index (χ2v) is 3.18. The molecule has 0 radical (unpaired) electrons. The van der Waals surface area contributed by atoms with Gasteiger partial charge in [0.1, 0.15) is 0 Å². The molecule has 1 rings (SSSR count). The molecule has 0 bridgehead atoms. The van der Waals surface area contributed by atoms with Crippen LogP contribution in [0.4, 0.5) is 0 Å². The van der Waals surface area contributed by atoms with Gasteiger partial charge in [0.05, 0.1) is 0 Å². The smallest absolute Gasteiger partial charge is 0.337 e. The van der Waals surface area contributed by atoms with E-state index in [1.165, 1.54) is 6.07 Å². The van der Waals surface area contributed by atoms with Crippen LogP contribution in [0.3, 0.4) is 0 Å². The molecule has 1 aromatic carbocycles. The van der Waals surface area contributed by atoms with E-state index in [0.717, 1.165) is 0 Å². The van der Waals surface area contributed by atoms with Crippen LogP contribution in [-0.2, 0) is 4.79 Å². The highest BCUT2D eigenvalue weighted by molar-refractivity contribution is 6.30. The van der Waals surface area contributed by atoms with E-state index in [1.807, 2.05) is 0 Å². The van der Waals surface area contributed by atoms with Crippen molar-refractivity contribution in [3.05, 3.63) is 34.3 Å². The number of carboxylic acid groups (broad SMARTS) is 1. The second kappa shape index (κ2) is 3.77. The molecule has 13 heavy (non-hydrogen) atoms. The number of aliphatic hydroxyl groups is 1. The molecule has 0 heterocycles. The summed E-state index contributed by atoms with van der Waals surface area (Å²) in [5, 5.41) is 18.3. The predicted molar refractivity (Wildman–Crippen MR) is 48.8 cm³/mol. The van der Waals surface area contributed by atoms with Gasteiger partial charge < -0.3 is 10.2 Å². The van der Waals surface area contributed by atoms with Gasteiger partial charge in [-0.25, -0.2) is 4.79 Å². The molecule has 4 heteroatoms. The van der Waals surface area contributed by atoms with E-state index in [1.54, 1.807) is 19.1 Å². The average molecular weight is 201 g/mol. The van der Waals surface area contributed by atoms with Crippen LogP contribution in [0.15, 0.2) is 18.2 Å². The molecule has 0 aliphatic carbocycles. The lowest BCUT2D eigenvalue weighted by atomic mass is 10.0. The van der Waals surface area contributed by atoms with Crippen LogP contribution in [0, 0.1) is 6.92 Å². The molecule has 3 nitrogen and oxygen atoms in total. The van der Waals surface area contributed by atoms with Gasteiger partial charge in [0.15, 0.2) is 6.10 Å². The van der Waals surface area contributed by atoms with Crippen molar-refractivity contribution >= 4 is 17.6 Å². The third kappa shape index (κ3) is 2.20. The molecule has 0 unspecified atom stereocenters. The second-order valence-electron chi connectivity index (χ2n) is 2.74. The maximum atomic E-state index is 10.5. The molecule has 70 valence electrons. The van der Waals surface area contributed by atoms with Crippen LogP contribution in [0.25, 0.3) is 0 Å². The lowest BCUT2D eigenvalue weighted by molar-refractivity contribution is -0.147. The SMILES string of the molecule is Cc1cc(Cl)ccc1[C@@H](O)C(=O)O. The summed E-state index contributed by atoms with van der Waals surface area (Å²) in [6.07, 6.45) is -1.47. The van der Waals surface area contributed by atoms with Crippen molar-refractivity contribution in [3.63, 3.8) is 0 Å². The Kier molecular flexibility index (Phi) is 2.90. The molecule has 2 N–H and O–H groups in total. The fourth-order valence-corrected chi connectivity index (χ4v) is 1.31. The summed E-state index contributed by atoms with van der Waals surface area (Å²) in [5.74, 6) is -1.26. The number of carbonyl (C=O) groups is 1. The Morgan fingerprint density at radius 2 is 2.15 bits per heavy atom. The van der Waals surface area contributed by atoms with Crippen LogP contribution in [0.5, 0.6) is 0 Å². The Bertz CT molecular complexity index is 336. The van der Waals surface area contributed by atoms with Crippen molar-refractivity contribution in [2.24, 2.45) is 0 Å². The summed E-state index contributed by atoms with van der Waals surface area (Å²) in [6.45, 7) is 1.70. The van der Waals surface area contributed by atoms with Crippen LogP contribution in [-0.4, -0.2) is 16.2 Å². The molecule has 0 amide bonds. The van der Waals surface area contributed by atoms with Crippen molar-refractivity contribution in [2.45, 2.75) is 13.0 Å². The minimum absolute atomic E-state index is 0.372. The Morgan fingerprint density at radius 1 is 1.54 bits per heavy atom. The predicted octanol–water partition coefficient (Wildman–Crippen LogP) is 1.77. The maximum Gasteiger partial charge on any atom is 0.337 e. The average Bonchev–Trinajstić information content (AvgIpc) is 2.03. The third-order valence-corrected chi connectivity index (χ3v) is 2.00. The summed E-state index contributed by atoms with van der Waals surface area (Å²) in [5.41, 5.74) is 1.04. The summed E-state index contributed by atoms with van der Waals surface area (Å²) >= 11 is 5.67. The van der Waals surface area contributed by atoms with Crippen LogP contribution in [0.1, 0.15) is 17.2 Å². The standard InChI is InChI=1S/C9H9ClO3/c1-5-4-6(10)2-3-7(5)8(11)9(12)13/h2-4,8,11H,1H3,(H,12,13)/t8-/m1/s1. The normalized spacial score (nSPS) is 12.5. The van der Waals surface area contributed by atoms with E-state index >= 15 is 0 Å². The maximum absolute atomic E-state index is 10.5. The van der Waals surface area contributed by atoms with Gasteiger partial charge in [-0.1, -0.05) is 17.7 Å². The highest BCUT2D eigenvalue weighted by atomic mass is 35.5. The Balaban J connectivity index is 3.08. The number of halogens is 1. The quantitative estimate of drug-likeness (QED) is 0.765. The number of rotatable bonds is 2.